The number of hydrogen-bond donors (Lipinski definition) is 1. The minimum Gasteiger partial charge on any atom is -0.320 e. The van der Waals surface area contributed by atoms with E-state index in [1.165, 1.54) is 28.8 Å². The van der Waals surface area contributed by atoms with Gasteiger partial charge >= 0.3 is 0 Å². The number of carbonyl (C=O) groups excluding carboxylic acids is 1. The molecule has 1 amide bonds. The molecular weight excluding hydrogens is 421 g/mol. The summed E-state index contributed by atoms with van der Waals surface area (Å²) in [6.07, 6.45) is 6.42. The third kappa shape index (κ3) is 3.57. The lowest BCUT2D eigenvalue weighted by Gasteiger charge is -2.14. The van der Waals surface area contributed by atoms with Gasteiger partial charge in [0.2, 0.25) is 5.91 Å². The second kappa shape index (κ2) is 7.83. The third-order valence-corrected chi connectivity index (χ3v) is 5.41. The molecule has 1 N–H and O–H groups in total. The Morgan fingerprint density at radius 2 is 1.94 bits per heavy atom. The molecule has 0 saturated heterocycles. The van der Waals surface area contributed by atoms with E-state index in [9.17, 15) is 14.0 Å². The van der Waals surface area contributed by atoms with Crippen molar-refractivity contribution in [3.05, 3.63) is 95.9 Å². The molecule has 3 heterocycles. The Morgan fingerprint density at radius 1 is 1.09 bits per heavy atom. The highest BCUT2D eigenvalue weighted by Crippen LogP contribution is 2.30. The van der Waals surface area contributed by atoms with E-state index in [-0.39, 0.29) is 11.2 Å². The standard InChI is InChI=1S/C25H18FN5O2/c1-3-23(32)29-22-11-18(6-7-20(22)26)31-24(33)9-5-16-12-27-21-8-4-15(10-19(21)25(16)31)17-13-28-30(2)14-17/h3-14H,1H2,2H3,(H,29,32). The lowest BCUT2D eigenvalue weighted by atomic mass is 10.0. The van der Waals surface area contributed by atoms with E-state index in [0.29, 0.717) is 16.7 Å². The molecule has 0 radical (unpaired) electrons. The Balaban J connectivity index is 1.80. The van der Waals surface area contributed by atoms with Crippen LogP contribution in [0, 0.1) is 5.82 Å². The Kier molecular flexibility index (Phi) is 4.82. The van der Waals surface area contributed by atoms with Crippen LogP contribution in [0.1, 0.15) is 0 Å². The summed E-state index contributed by atoms with van der Waals surface area (Å²) in [6, 6.07) is 13.1. The molecule has 0 atom stereocenters. The van der Waals surface area contributed by atoms with Crippen molar-refractivity contribution >= 4 is 33.4 Å². The number of carbonyl (C=O) groups is 1. The van der Waals surface area contributed by atoms with Crippen LogP contribution in [-0.2, 0) is 11.8 Å². The fourth-order valence-electron chi connectivity index (χ4n) is 3.85. The number of amides is 1. The zero-order valence-electron chi connectivity index (χ0n) is 17.6. The fraction of sp³-hybridized carbons (Fsp3) is 0.0400. The average Bonchev–Trinajstić information content (AvgIpc) is 3.26. The van der Waals surface area contributed by atoms with Crippen LogP contribution >= 0.6 is 0 Å². The summed E-state index contributed by atoms with van der Waals surface area (Å²) in [5, 5.41) is 8.17. The van der Waals surface area contributed by atoms with Crippen molar-refractivity contribution in [1.82, 2.24) is 19.3 Å². The molecule has 0 aliphatic carbocycles. The number of halogens is 1. The number of nitrogens with zero attached hydrogens (tertiary/aromatic N) is 4. The first-order valence-electron chi connectivity index (χ1n) is 10.1. The lowest BCUT2D eigenvalue weighted by molar-refractivity contribution is -0.111. The van der Waals surface area contributed by atoms with Crippen LogP contribution in [0.2, 0.25) is 0 Å². The van der Waals surface area contributed by atoms with Gasteiger partial charge in [0.1, 0.15) is 5.82 Å². The fourth-order valence-corrected chi connectivity index (χ4v) is 3.85. The van der Waals surface area contributed by atoms with Gasteiger partial charge in [0.15, 0.2) is 0 Å². The maximum atomic E-state index is 14.3. The number of hydrogen-bond acceptors (Lipinski definition) is 4. The van der Waals surface area contributed by atoms with Gasteiger partial charge in [0.05, 0.1) is 28.6 Å². The predicted octanol–water partition coefficient (Wildman–Crippen LogP) is 4.20. The number of aromatic nitrogens is 4. The quantitative estimate of drug-likeness (QED) is 0.336. The van der Waals surface area contributed by atoms with Gasteiger partial charge in [0.25, 0.3) is 5.56 Å². The summed E-state index contributed by atoms with van der Waals surface area (Å²) in [4.78, 5) is 29.3. The lowest BCUT2D eigenvalue weighted by Crippen LogP contribution is -2.18. The molecule has 5 aromatic rings. The topological polar surface area (TPSA) is 81.8 Å². The van der Waals surface area contributed by atoms with Gasteiger partial charge in [-0.3, -0.25) is 23.8 Å². The first-order valence-corrected chi connectivity index (χ1v) is 10.1. The van der Waals surface area contributed by atoms with Gasteiger partial charge in [-0.25, -0.2) is 4.39 Å². The number of pyridine rings is 2. The number of fused-ring (bicyclic) bond motifs is 3. The first kappa shape index (κ1) is 20.3. The van der Waals surface area contributed by atoms with Crippen molar-refractivity contribution in [3.8, 4) is 16.8 Å². The molecule has 3 aromatic heterocycles. The van der Waals surface area contributed by atoms with E-state index in [0.717, 1.165) is 28.0 Å². The molecule has 0 fully saturated rings. The maximum Gasteiger partial charge on any atom is 0.255 e. The Labute approximate surface area is 187 Å². The van der Waals surface area contributed by atoms with Gasteiger partial charge in [-0.1, -0.05) is 12.6 Å². The van der Waals surface area contributed by atoms with Crippen LogP contribution in [-0.4, -0.2) is 25.2 Å². The molecule has 0 unspecified atom stereocenters. The average molecular weight is 439 g/mol. The second-order valence-corrected chi connectivity index (χ2v) is 7.56. The first-order chi connectivity index (χ1) is 15.9. The van der Waals surface area contributed by atoms with Crippen molar-refractivity contribution in [2.75, 3.05) is 5.32 Å². The molecule has 8 heteroatoms. The van der Waals surface area contributed by atoms with Gasteiger partial charge in [0, 0.05) is 41.8 Å². The molecule has 162 valence electrons. The molecule has 33 heavy (non-hydrogen) atoms. The molecule has 0 saturated carbocycles. The summed E-state index contributed by atoms with van der Waals surface area (Å²) < 4.78 is 17.5. The summed E-state index contributed by atoms with van der Waals surface area (Å²) >= 11 is 0. The van der Waals surface area contributed by atoms with Gasteiger partial charge in [-0.15, -0.1) is 0 Å². The maximum absolute atomic E-state index is 14.3. The molecule has 2 aromatic carbocycles. The summed E-state index contributed by atoms with van der Waals surface area (Å²) in [6.45, 7) is 3.39. The van der Waals surface area contributed by atoms with Crippen molar-refractivity contribution in [2.24, 2.45) is 7.05 Å². The minimum absolute atomic E-state index is 0.0456. The number of nitrogens with one attached hydrogen (secondary N) is 1. The van der Waals surface area contributed by atoms with Crippen LogP contribution in [0.5, 0.6) is 0 Å². The Bertz CT molecular complexity index is 1630. The Hall–Kier alpha value is -4.59. The highest BCUT2D eigenvalue weighted by Gasteiger charge is 2.14. The van der Waals surface area contributed by atoms with Crippen molar-refractivity contribution in [1.29, 1.82) is 0 Å². The van der Waals surface area contributed by atoms with Crippen molar-refractivity contribution in [3.63, 3.8) is 0 Å². The molecule has 0 aliphatic heterocycles. The van der Waals surface area contributed by atoms with E-state index >= 15 is 0 Å². The molecule has 0 spiro atoms. The summed E-state index contributed by atoms with van der Waals surface area (Å²) in [7, 11) is 1.84. The highest BCUT2D eigenvalue weighted by atomic mass is 19.1. The molecular formula is C25H18FN5O2. The van der Waals surface area contributed by atoms with E-state index in [1.807, 2.05) is 31.4 Å². The van der Waals surface area contributed by atoms with E-state index < -0.39 is 11.7 Å². The van der Waals surface area contributed by atoms with E-state index in [2.05, 4.69) is 22.0 Å². The highest BCUT2D eigenvalue weighted by molar-refractivity contribution is 6.05. The number of aryl methyl sites for hydroxylation is 1. The number of anilines is 1. The van der Waals surface area contributed by atoms with Gasteiger partial charge < -0.3 is 5.32 Å². The van der Waals surface area contributed by atoms with Gasteiger partial charge in [-0.05, 0) is 48.0 Å². The normalized spacial score (nSPS) is 11.1. The zero-order valence-corrected chi connectivity index (χ0v) is 17.6. The van der Waals surface area contributed by atoms with Crippen molar-refractivity contribution in [2.45, 2.75) is 0 Å². The molecule has 7 nitrogen and oxygen atoms in total. The third-order valence-electron chi connectivity index (χ3n) is 5.41. The zero-order chi connectivity index (χ0) is 23.1. The van der Waals surface area contributed by atoms with E-state index in [4.69, 9.17) is 0 Å². The summed E-state index contributed by atoms with van der Waals surface area (Å²) in [5.74, 6) is -1.17. The van der Waals surface area contributed by atoms with E-state index in [1.54, 1.807) is 23.1 Å². The number of benzene rings is 2. The summed E-state index contributed by atoms with van der Waals surface area (Å²) in [5.41, 5.74) is 3.25. The van der Waals surface area contributed by atoms with Crippen LogP contribution < -0.4 is 10.9 Å². The van der Waals surface area contributed by atoms with Crippen LogP contribution in [0.3, 0.4) is 0 Å². The van der Waals surface area contributed by atoms with Crippen LogP contribution in [0.15, 0.2) is 84.6 Å². The molecule has 5 rings (SSSR count). The SMILES string of the molecule is C=CC(=O)Nc1cc(-n2c(=O)ccc3cnc4ccc(-c5cnn(C)c5)cc4c32)ccc1F. The van der Waals surface area contributed by atoms with Crippen molar-refractivity contribution < 1.29 is 9.18 Å². The molecule has 0 aliphatic rings. The smallest absolute Gasteiger partial charge is 0.255 e. The second-order valence-electron chi connectivity index (χ2n) is 7.56. The Morgan fingerprint density at radius 3 is 2.70 bits per heavy atom. The predicted molar refractivity (Wildman–Crippen MR) is 126 cm³/mol. The largest absolute Gasteiger partial charge is 0.320 e. The van der Waals surface area contributed by atoms with Crippen LogP contribution in [0.25, 0.3) is 38.6 Å². The monoisotopic (exact) mass is 439 g/mol. The molecule has 0 bridgehead atoms. The van der Waals surface area contributed by atoms with Crippen LogP contribution in [0.4, 0.5) is 10.1 Å². The minimum atomic E-state index is -0.618. The number of rotatable bonds is 4. The van der Waals surface area contributed by atoms with Gasteiger partial charge in [-0.2, -0.15) is 5.10 Å².